The van der Waals surface area contributed by atoms with Gasteiger partial charge in [0.25, 0.3) is 0 Å². The number of hydrogen-bond acceptors (Lipinski definition) is 4. The molecule has 2 heterocycles. The van der Waals surface area contributed by atoms with Crippen LogP contribution in [0.15, 0.2) is 53.4 Å². The summed E-state index contributed by atoms with van der Waals surface area (Å²) >= 11 is 0. The second kappa shape index (κ2) is 8.80. The van der Waals surface area contributed by atoms with Gasteiger partial charge in [-0.3, -0.25) is 9.59 Å². The Kier molecular flexibility index (Phi) is 6.11. The molecule has 1 N–H and O–H groups in total. The number of nitrogens with zero attached hydrogens (tertiary/aromatic N) is 2. The lowest BCUT2D eigenvalue weighted by atomic mass is 9.92. The minimum absolute atomic E-state index is 0.000379. The summed E-state index contributed by atoms with van der Waals surface area (Å²) in [5.74, 6) is -0.218. The third-order valence-electron chi connectivity index (χ3n) is 5.97. The molecule has 1 atom stereocenters. The molecule has 0 unspecified atom stereocenters. The third-order valence-corrected chi connectivity index (χ3v) is 7.89. The maximum Gasteiger partial charge on any atom is 0.243 e. The fourth-order valence-electron chi connectivity index (χ4n) is 4.44. The number of amides is 2. The fourth-order valence-corrected chi connectivity index (χ4v) is 6.04. The zero-order valence-electron chi connectivity index (χ0n) is 17.6. The number of fused-ring (bicyclic) bond motifs is 1. The molecule has 0 bridgehead atoms. The van der Waals surface area contributed by atoms with Crippen LogP contribution in [0.1, 0.15) is 43.4 Å². The quantitative estimate of drug-likeness (QED) is 0.773. The zero-order chi connectivity index (χ0) is 22.0. The maximum atomic E-state index is 13.6. The average Bonchev–Trinajstić information content (AvgIpc) is 3.29. The summed E-state index contributed by atoms with van der Waals surface area (Å²) in [6.45, 7) is 3.21. The monoisotopic (exact) mass is 441 g/mol. The lowest BCUT2D eigenvalue weighted by molar-refractivity contribution is -0.131. The van der Waals surface area contributed by atoms with Crippen molar-refractivity contribution in [2.75, 3.05) is 25.0 Å². The van der Waals surface area contributed by atoms with Crippen LogP contribution in [-0.4, -0.2) is 49.1 Å². The van der Waals surface area contributed by atoms with Gasteiger partial charge in [0.2, 0.25) is 21.8 Å². The molecule has 31 heavy (non-hydrogen) atoms. The summed E-state index contributed by atoms with van der Waals surface area (Å²) in [7, 11) is -3.82. The van der Waals surface area contributed by atoms with E-state index < -0.39 is 16.1 Å². The first-order valence-corrected chi connectivity index (χ1v) is 12.1. The van der Waals surface area contributed by atoms with Crippen LogP contribution in [0.2, 0.25) is 0 Å². The Morgan fingerprint density at radius 2 is 1.68 bits per heavy atom. The van der Waals surface area contributed by atoms with Crippen molar-refractivity contribution in [3.8, 4) is 0 Å². The van der Waals surface area contributed by atoms with Crippen LogP contribution in [0.25, 0.3) is 0 Å². The molecule has 164 valence electrons. The van der Waals surface area contributed by atoms with E-state index in [-0.39, 0.29) is 23.1 Å². The molecule has 7 nitrogen and oxygen atoms in total. The fraction of sp³-hybridized carbons (Fsp3) is 0.391. The number of rotatable bonds is 5. The summed E-state index contributed by atoms with van der Waals surface area (Å²) in [5, 5.41) is 2.64. The van der Waals surface area contributed by atoms with E-state index in [0.717, 1.165) is 37.1 Å². The van der Waals surface area contributed by atoms with E-state index >= 15 is 0 Å². The molecular formula is C23H27N3O4S. The predicted octanol–water partition coefficient (Wildman–Crippen LogP) is 2.95. The summed E-state index contributed by atoms with van der Waals surface area (Å²) in [5.41, 5.74) is 2.53. The number of likely N-dealkylation sites (tertiary alicyclic amines) is 1. The van der Waals surface area contributed by atoms with Gasteiger partial charge in [-0.2, -0.15) is 4.31 Å². The number of carbonyl (C=O) groups is 2. The molecule has 2 aliphatic heterocycles. The Balaban J connectivity index is 1.65. The highest BCUT2D eigenvalue weighted by Crippen LogP contribution is 2.37. The van der Waals surface area contributed by atoms with E-state index in [1.807, 2.05) is 29.2 Å². The summed E-state index contributed by atoms with van der Waals surface area (Å²) < 4.78 is 28.6. The van der Waals surface area contributed by atoms with Crippen LogP contribution in [0.5, 0.6) is 0 Å². The van der Waals surface area contributed by atoms with E-state index in [2.05, 4.69) is 5.32 Å². The van der Waals surface area contributed by atoms with Crippen molar-refractivity contribution in [2.24, 2.45) is 0 Å². The van der Waals surface area contributed by atoms with E-state index in [1.165, 1.54) is 23.4 Å². The van der Waals surface area contributed by atoms with Gasteiger partial charge in [-0.15, -0.1) is 0 Å². The zero-order valence-corrected chi connectivity index (χ0v) is 18.4. The smallest absolute Gasteiger partial charge is 0.243 e. The molecule has 2 aliphatic rings. The van der Waals surface area contributed by atoms with E-state index in [0.29, 0.717) is 18.7 Å². The van der Waals surface area contributed by atoms with Crippen LogP contribution in [0.4, 0.5) is 5.69 Å². The Morgan fingerprint density at radius 1 is 1.00 bits per heavy atom. The number of nitrogens with one attached hydrogen (secondary N) is 1. The largest absolute Gasteiger partial charge is 0.343 e. The molecule has 0 aliphatic carbocycles. The molecular weight excluding hydrogens is 414 g/mol. The van der Waals surface area contributed by atoms with Crippen molar-refractivity contribution >= 4 is 27.5 Å². The first-order valence-electron chi connectivity index (χ1n) is 10.6. The normalized spacial score (nSPS) is 19.1. The Bertz CT molecular complexity index is 1080. The highest BCUT2D eigenvalue weighted by Gasteiger charge is 2.38. The van der Waals surface area contributed by atoms with Gasteiger partial charge in [-0.25, -0.2) is 8.42 Å². The van der Waals surface area contributed by atoms with Crippen LogP contribution < -0.4 is 5.32 Å². The van der Waals surface area contributed by atoms with Crippen molar-refractivity contribution in [2.45, 2.75) is 43.5 Å². The van der Waals surface area contributed by atoms with Crippen LogP contribution in [0.3, 0.4) is 0 Å². The van der Waals surface area contributed by atoms with Crippen LogP contribution in [-0.2, 0) is 26.0 Å². The van der Waals surface area contributed by atoms with Gasteiger partial charge < -0.3 is 10.2 Å². The molecule has 2 aromatic carbocycles. The second-order valence-corrected chi connectivity index (χ2v) is 9.97. The SMILES string of the molecule is CC(=O)Nc1ccc(S(=O)(=O)N2CCc3ccccc3[C@H]2CC(=O)N2CCCC2)cc1. The van der Waals surface area contributed by atoms with Crippen LogP contribution >= 0.6 is 0 Å². The lowest BCUT2D eigenvalue weighted by Crippen LogP contribution is -2.42. The van der Waals surface area contributed by atoms with E-state index in [9.17, 15) is 18.0 Å². The van der Waals surface area contributed by atoms with Gasteiger partial charge in [0.15, 0.2) is 0 Å². The van der Waals surface area contributed by atoms with Gasteiger partial charge in [-0.1, -0.05) is 24.3 Å². The predicted molar refractivity (Wildman–Crippen MR) is 118 cm³/mol. The molecule has 0 radical (unpaired) electrons. The molecule has 0 aromatic heterocycles. The van der Waals surface area contributed by atoms with Crippen molar-refractivity contribution in [3.05, 3.63) is 59.7 Å². The topological polar surface area (TPSA) is 86.8 Å². The molecule has 0 saturated carbocycles. The molecule has 0 spiro atoms. The number of benzene rings is 2. The van der Waals surface area contributed by atoms with Gasteiger partial charge in [-0.05, 0) is 54.7 Å². The lowest BCUT2D eigenvalue weighted by Gasteiger charge is -2.36. The van der Waals surface area contributed by atoms with E-state index in [4.69, 9.17) is 0 Å². The molecule has 2 aromatic rings. The summed E-state index contributed by atoms with van der Waals surface area (Å²) in [6, 6.07) is 13.4. The maximum absolute atomic E-state index is 13.6. The standard InChI is InChI=1S/C23H27N3O4S/c1-17(27)24-19-8-10-20(11-9-19)31(29,30)26-15-12-18-6-2-3-7-21(18)22(26)16-23(28)25-13-4-5-14-25/h2-3,6-11,22H,4-5,12-16H2,1H3,(H,24,27)/t22-/m1/s1. The number of hydrogen-bond donors (Lipinski definition) is 1. The van der Waals surface area contributed by atoms with Crippen molar-refractivity contribution < 1.29 is 18.0 Å². The summed E-state index contributed by atoms with van der Waals surface area (Å²) in [4.78, 5) is 26.2. The van der Waals surface area contributed by atoms with Crippen molar-refractivity contribution in [1.29, 1.82) is 0 Å². The Labute approximate surface area is 183 Å². The van der Waals surface area contributed by atoms with Gasteiger partial charge in [0, 0.05) is 38.7 Å². The van der Waals surface area contributed by atoms with Gasteiger partial charge >= 0.3 is 0 Å². The summed E-state index contributed by atoms with van der Waals surface area (Å²) in [6.07, 6.45) is 2.74. The van der Waals surface area contributed by atoms with E-state index in [1.54, 1.807) is 12.1 Å². The first kappa shape index (κ1) is 21.5. The number of anilines is 1. The number of sulfonamides is 1. The first-order chi connectivity index (χ1) is 14.9. The third kappa shape index (κ3) is 4.50. The van der Waals surface area contributed by atoms with Crippen molar-refractivity contribution in [3.63, 3.8) is 0 Å². The van der Waals surface area contributed by atoms with Crippen molar-refractivity contribution in [1.82, 2.24) is 9.21 Å². The molecule has 2 amide bonds. The Morgan fingerprint density at radius 3 is 2.35 bits per heavy atom. The minimum atomic E-state index is -3.82. The van der Waals surface area contributed by atoms with Gasteiger partial charge in [0.1, 0.15) is 0 Å². The van der Waals surface area contributed by atoms with Crippen LogP contribution in [0, 0.1) is 0 Å². The number of carbonyl (C=O) groups excluding carboxylic acids is 2. The molecule has 8 heteroatoms. The average molecular weight is 442 g/mol. The Hall–Kier alpha value is -2.71. The highest BCUT2D eigenvalue weighted by atomic mass is 32.2. The minimum Gasteiger partial charge on any atom is -0.343 e. The molecule has 4 rings (SSSR count). The molecule has 1 saturated heterocycles. The highest BCUT2D eigenvalue weighted by molar-refractivity contribution is 7.89. The molecule has 1 fully saturated rings. The second-order valence-electron chi connectivity index (χ2n) is 8.08. The van der Waals surface area contributed by atoms with Gasteiger partial charge in [0.05, 0.1) is 10.9 Å².